The van der Waals surface area contributed by atoms with E-state index in [0.717, 1.165) is 11.5 Å². The van der Waals surface area contributed by atoms with Gasteiger partial charge in [0.2, 0.25) is 0 Å². The van der Waals surface area contributed by atoms with Crippen LogP contribution < -0.4 is 4.74 Å². The van der Waals surface area contributed by atoms with Crippen LogP contribution in [0.5, 0.6) is 11.5 Å². The normalized spacial score (nSPS) is 21.6. The average Bonchev–Trinajstić information content (AvgIpc) is 3.08. The number of benzene rings is 4. The molecule has 0 bridgehead atoms. The van der Waals surface area contributed by atoms with Gasteiger partial charge in [0.25, 0.3) is 0 Å². The van der Waals surface area contributed by atoms with Crippen molar-refractivity contribution in [2.45, 2.75) is 11.3 Å². The molecule has 1 heteroatoms. The van der Waals surface area contributed by atoms with E-state index in [1.165, 1.54) is 33.0 Å². The summed E-state index contributed by atoms with van der Waals surface area (Å²) in [6.45, 7) is 0. The van der Waals surface area contributed by atoms with Crippen molar-refractivity contribution in [3.63, 3.8) is 0 Å². The third-order valence-electron chi connectivity index (χ3n) is 7.18. The van der Waals surface area contributed by atoms with E-state index in [0.29, 0.717) is 11.8 Å². The summed E-state index contributed by atoms with van der Waals surface area (Å²) in [6.07, 6.45) is 9.22. The molecule has 2 aliphatic carbocycles. The maximum absolute atomic E-state index is 6.40. The fraction of sp³-hybridized carbons (Fsp3) is 0.103. The van der Waals surface area contributed by atoms with Crippen molar-refractivity contribution in [2.24, 2.45) is 5.92 Å². The summed E-state index contributed by atoms with van der Waals surface area (Å²) in [6, 6.07) is 30.8. The van der Waals surface area contributed by atoms with E-state index in [1.807, 2.05) is 0 Å². The van der Waals surface area contributed by atoms with Crippen LogP contribution in [-0.4, -0.2) is 0 Å². The van der Waals surface area contributed by atoms with Gasteiger partial charge in [0.1, 0.15) is 11.5 Å². The monoisotopic (exact) mass is 384 g/mol. The number of rotatable bonds is 0. The molecule has 1 heterocycles. The summed E-state index contributed by atoms with van der Waals surface area (Å²) in [5, 5.41) is 2.60. The van der Waals surface area contributed by atoms with Crippen LogP contribution in [0.1, 0.15) is 28.2 Å². The molecule has 1 aliphatic heterocycles. The molecule has 3 aliphatic rings. The number of hydrogen-bond donors (Lipinski definition) is 0. The zero-order valence-electron chi connectivity index (χ0n) is 16.5. The summed E-state index contributed by atoms with van der Waals surface area (Å²) in [4.78, 5) is 0. The van der Waals surface area contributed by atoms with Gasteiger partial charge in [-0.25, -0.2) is 0 Å². The summed E-state index contributed by atoms with van der Waals surface area (Å²) in [5.41, 5.74) is 5.14. The minimum atomic E-state index is -0.253. The van der Waals surface area contributed by atoms with Crippen molar-refractivity contribution >= 4 is 10.8 Å². The molecule has 1 nitrogen and oxygen atoms in total. The summed E-state index contributed by atoms with van der Waals surface area (Å²) in [5.74, 6) is 2.62. The van der Waals surface area contributed by atoms with E-state index in [4.69, 9.17) is 4.74 Å². The highest BCUT2D eigenvalue weighted by Gasteiger charge is 2.56. The number of fused-ring (bicyclic) bond motifs is 10. The Labute approximate surface area is 175 Å². The molecule has 0 N–H and O–H groups in total. The Morgan fingerprint density at radius 2 is 1.20 bits per heavy atom. The molecule has 4 aromatic carbocycles. The molecule has 7 rings (SSSR count). The molecule has 0 saturated heterocycles. The smallest absolute Gasteiger partial charge is 0.131 e. The Kier molecular flexibility index (Phi) is 3.10. The Morgan fingerprint density at radius 3 is 1.93 bits per heavy atom. The second-order valence-corrected chi connectivity index (χ2v) is 8.51. The Balaban J connectivity index is 1.68. The van der Waals surface area contributed by atoms with E-state index in [9.17, 15) is 0 Å². The Hall–Kier alpha value is -3.58. The molecular weight excluding hydrogens is 364 g/mol. The van der Waals surface area contributed by atoms with Crippen LogP contribution in [-0.2, 0) is 5.41 Å². The number of allylic oxidation sites excluding steroid dienone is 4. The molecule has 0 fully saturated rings. The lowest BCUT2D eigenvalue weighted by molar-refractivity contribution is 0.374. The van der Waals surface area contributed by atoms with Crippen molar-refractivity contribution in [3.8, 4) is 11.5 Å². The largest absolute Gasteiger partial charge is 0.457 e. The Bertz CT molecular complexity index is 1350. The van der Waals surface area contributed by atoms with Crippen LogP contribution in [0, 0.1) is 5.92 Å². The summed E-state index contributed by atoms with van der Waals surface area (Å²) < 4.78 is 6.40. The third-order valence-corrected chi connectivity index (χ3v) is 7.18. The first kappa shape index (κ1) is 16.2. The van der Waals surface area contributed by atoms with Gasteiger partial charge in [-0.3, -0.25) is 0 Å². The zero-order valence-corrected chi connectivity index (χ0v) is 16.5. The van der Waals surface area contributed by atoms with E-state index < -0.39 is 0 Å². The van der Waals surface area contributed by atoms with Gasteiger partial charge in [0.15, 0.2) is 0 Å². The quantitative estimate of drug-likeness (QED) is 0.314. The van der Waals surface area contributed by atoms with Crippen LogP contribution in [0.15, 0.2) is 109 Å². The summed E-state index contributed by atoms with van der Waals surface area (Å²) >= 11 is 0. The van der Waals surface area contributed by atoms with Crippen LogP contribution in [0.25, 0.3) is 10.8 Å². The molecule has 2 unspecified atom stereocenters. The zero-order chi connectivity index (χ0) is 19.7. The predicted octanol–water partition coefficient (Wildman–Crippen LogP) is 7.12. The molecule has 2 atom stereocenters. The lowest BCUT2D eigenvalue weighted by atomic mass is 9.62. The highest BCUT2D eigenvalue weighted by Crippen LogP contribution is 2.64. The standard InChI is InChI=1S/C29H20O/c1-2-10-20-18-26-22(17-19(20)9-1)21-11-3-4-12-23(21)29(26)24-13-5-7-15-27(24)30-28-16-8-6-14-25(28)29/h1-18,21,23H. The lowest BCUT2D eigenvalue weighted by Crippen LogP contribution is -2.37. The molecule has 0 radical (unpaired) electrons. The van der Waals surface area contributed by atoms with Crippen molar-refractivity contribution < 1.29 is 4.74 Å². The fourth-order valence-electron chi connectivity index (χ4n) is 6.05. The maximum atomic E-state index is 6.40. The number of ether oxygens (including phenoxy) is 1. The van der Waals surface area contributed by atoms with Gasteiger partial charge in [-0.1, -0.05) is 91.0 Å². The van der Waals surface area contributed by atoms with Gasteiger partial charge >= 0.3 is 0 Å². The summed E-state index contributed by atoms with van der Waals surface area (Å²) in [7, 11) is 0. The maximum Gasteiger partial charge on any atom is 0.131 e. The second kappa shape index (κ2) is 5.73. The molecule has 0 aromatic heterocycles. The Morgan fingerprint density at radius 1 is 0.600 bits per heavy atom. The highest BCUT2D eigenvalue weighted by atomic mass is 16.5. The van der Waals surface area contributed by atoms with E-state index >= 15 is 0 Å². The minimum Gasteiger partial charge on any atom is -0.457 e. The molecule has 30 heavy (non-hydrogen) atoms. The van der Waals surface area contributed by atoms with Crippen LogP contribution in [0.3, 0.4) is 0 Å². The first-order chi connectivity index (χ1) is 14.9. The predicted molar refractivity (Wildman–Crippen MR) is 121 cm³/mol. The number of para-hydroxylation sites is 2. The third kappa shape index (κ3) is 1.88. The van der Waals surface area contributed by atoms with Crippen LogP contribution >= 0.6 is 0 Å². The fourth-order valence-corrected chi connectivity index (χ4v) is 6.05. The van der Waals surface area contributed by atoms with Gasteiger partial charge in [-0.15, -0.1) is 0 Å². The lowest BCUT2D eigenvalue weighted by Gasteiger charge is -2.43. The molecule has 1 spiro atoms. The molecular formula is C29H20O. The molecule has 0 saturated carbocycles. The second-order valence-electron chi connectivity index (χ2n) is 8.51. The van der Waals surface area contributed by atoms with Gasteiger partial charge < -0.3 is 4.74 Å². The van der Waals surface area contributed by atoms with Crippen molar-refractivity contribution in [2.75, 3.05) is 0 Å². The average molecular weight is 384 g/mol. The van der Waals surface area contributed by atoms with E-state index in [-0.39, 0.29) is 5.41 Å². The van der Waals surface area contributed by atoms with Gasteiger partial charge in [-0.2, -0.15) is 0 Å². The van der Waals surface area contributed by atoms with Crippen LogP contribution in [0.4, 0.5) is 0 Å². The van der Waals surface area contributed by atoms with E-state index in [1.54, 1.807) is 0 Å². The topological polar surface area (TPSA) is 9.23 Å². The first-order valence-corrected chi connectivity index (χ1v) is 10.6. The van der Waals surface area contributed by atoms with Gasteiger partial charge in [0.05, 0.1) is 5.41 Å². The number of hydrogen-bond acceptors (Lipinski definition) is 1. The van der Waals surface area contributed by atoms with Gasteiger partial charge in [0, 0.05) is 23.0 Å². The van der Waals surface area contributed by atoms with Crippen LogP contribution in [0.2, 0.25) is 0 Å². The van der Waals surface area contributed by atoms with E-state index in [2.05, 4.69) is 109 Å². The molecule has 142 valence electrons. The van der Waals surface area contributed by atoms with Gasteiger partial charge in [-0.05, 0) is 40.1 Å². The van der Waals surface area contributed by atoms with Crippen molar-refractivity contribution in [3.05, 3.63) is 131 Å². The first-order valence-electron chi connectivity index (χ1n) is 10.6. The molecule has 0 amide bonds. The highest BCUT2D eigenvalue weighted by molar-refractivity contribution is 5.87. The van der Waals surface area contributed by atoms with Crippen molar-refractivity contribution in [1.82, 2.24) is 0 Å². The SMILES string of the molecule is C1=CC2c3cc4ccccc4cc3C3(c4ccccc4Oc4ccccc43)C2C=C1. The molecule has 4 aromatic rings. The van der Waals surface area contributed by atoms with Crippen molar-refractivity contribution in [1.29, 1.82) is 0 Å². The minimum absolute atomic E-state index is 0.253.